The van der Waals surface area contributed by atoms with E-state index >= 15 is 0 Å². The number of nitrogens with one attached hydrogen (secondary N) is 1. The minimum atomic E-state index is -0.211. The van der Waals surface area contributed by atoms with Gasteiger partial charge in [0.2, 0.25) is 11.6 Å². The third kappa shape index (κ3) is 2.79. The number of rotatable bonds is 4. The van der Waals surface area contributed by atoms with Gasteiger partial charge in [0.05, 0.1) is 11.4 Å². The Labute approximate surface area is 144 Å². The van der Waals surface area contributed by atoms with Crippen LogP contribution in [0, 0.1) is 13.8 Å². The zero-order chi connectivity index (χ0) is 17.6. The van der Waals surface area contributed by atoms with Gasteiger partial charge in [0, 0.05) is 33.0 Å². The molecule has 1 N–H and O–H groups in total. The van der Waals surface area contributed by atoms with Gasteiger partial charge in [0.15, 0.2) is 0 Å². The largest absolute Gasteiger partial charge is 0.340 e. The second-order valence-corrected chi connectivity index (χ2v) is 6.56. The Kier molecular flexibility index (Phi) is 3.78. The van der Waals surface area contributed by atoms with Crippen LogP contribution in [-0.2, 0) is 19.9 Å². The van der Waals surface area contributed by atoms with E-state index in [1.807, 2.05) is 25.6 Å². The molecule has 1 saturated heterocycles. The van der Waals surface area contributed by atoms with E-state index in [1.54, 1.807) is 4.52 Å². The van der Waals surface area contributed by atoms with E-state index in [4.69, 9.17) is 0 Å². The lowest BCUT2D eigenvalue weighted by Gasteiger charge is -2.10. The fourth-order valence-corrected chi connectivity index (χ4v) is 3.21. The maximum absolute atomic E-state index is 12.2. The standard InChI is InChI=1S/C16H22N8O/c1-10-11(2)24-14(17-10)15(25)18-12(20-24)6-7-13-19-16(21-22(13)3)23-8-4-5-9-23/h4-9H2,1-3H3,(H,18,20,25). The summed E-state index contributed by atoms with van der Waals surface area (Å²) in [5.41, 5.74) is 1.83. The fourth-order valence-electron chi connectivity index (χ4n) is 3.21. The van der Waals surface area contributed by atoms with Crippen molar-refractivity contribution in [2.24, 2.45) is 7.05 Å². The van der Waals surface area contributed by atoms with Crippen molar-refractivity contribution in [3.63, 3.8) is 0 Å². The van der Waals surface area contributed by atoms with Crippen LogP contribution in [0.2, 0.25) is 0 Å². The molecule has 9 nitrogen and oxygen atoms in total. The molecule has 0 amide bonds. The Morgan fingerprint density at radius 2 is 1.84 bits per heavy atom. The predicted octanol–water partition coefficient (Wildman–Crippen LogP) is 0.548. The summed E-state index contributed by atoms with van der Waals surface area (Å²) < 4.78 is 3.44. The molecule has 4 rings (SSSR count). The lowest BCUT2D eigenvalue weighted by molar-refractivity contribution is 0.670. The Morgan fingerprint density at radius 1 is 1.08 bits per heavy atom. The van der Waals surface area contributed by atoms with Crippen molar-refractivity contribution in [3.8, 4) is 0 Å². The smallest absolute Gasteiger partial charge is 0.294 e. The molecule has 0 aliphatic carbocycles. The summed E-state index contributed by atoms with van der Waals surface area (Å²) in [6.07, 6.45) is 3.65. The van der Waals surface area contributed by atoms with Crippen LogP contribution in [0.1, 0.15) is 35.9 Å². The molecule has 1 fully saturated rings. The summed E-state index contributed by atoms with van der Waals surface area (Å²) in [6.45, 7) is 5.83. The highest BCUT2D eigenvalue weighted by molar-refractivity contribution is 5.38. The summed E-state index contributed by atoms with van der Waals surface area (Å²) >= 11 is 0. The van der Waals surface area contributed by atoms with Gasteiger partial charge in [-0.1, -0.05) is 0 Å². The average molecular weight is 342 g/mol. The van der Waals surface area contributed by atoms with Crippen LogP contribution in [0.4, 0.5) is 5.95 Å². The van der Waals surface area contributed by atoms with E-state index in [9.17, 15) is 4.79 Å². The maximum Gasteiger partial charge on any atom is 0.294 e. The Bertz CT molecular complexity index is 976. The van der Waals surface area contributed by atoms with E-state index in [2.05, 4.69) is 30.0 Å². The van der Waals surface area contributed by atoms with E-state index in [1.165, 1.54) is 12.8 Å². The van der Waals surface area contributed by atoms with Crippen LogP contribution < -0.4 is 10.5 Å². The summed E-state index contributed by atoms with van der Waals surface area (Å²) in [7, 11) is 1.91. The third-order valence-electron chi connectivity index (χ3n) is 4.81. The van der Waals surface area contributed by atoms with Gasteiger partial charge in [-0.05, 0) is 26.7 Å². The number of hydrogen-bond donors (Lipinski definition) is 1. The average Bonchev–Trinajstić information content (AvgIpc) is 3.28. The van der Waals surface area contributed by atoms with Gasteiger partial charge in [0.25, 0.3) is 5.56 Å². The summed E-state index contributed by atoms with van der Waals surface area (Å²) in [6, 6.07) is 0. The molecule has 0 radical (unpaired) electrons. The molecule has 132 valence electrons. The maximum atomic E-state index is 12.2. The van der Waals surface area contributed by atoms with Crippen molar-refractivity contribution in [1.82, 2.24) is 34.3 Å². The number of aryl methyl sites for hydroxylation is 5. The van der Waals surface area contributed by atoms with Crippen LogP contribution in [0.5, 0.6) is 0 Å². The number of hydrogen-bond acceptors (Lipinski definition) is 6. The number of aromatic nitrogens is 7. The Hall–Kier alpha value is -2.71. The molecule has 0 bridgehead atoms. The van der Waals surface area contributed by atoms with Crippen LogP contribution in [-0.4, -0.2) is 47.4 Å². The second-order valence-electron chi connectivity index (χ2n) is 6.56. The van der Waals surface area contributed by atoms with Gasteiger partial charge in [-0.2, -0.15) is 10.1 Å². The quantitative estimate of drug-likeness (QED) is 0.744. The third-order valence-corrected chi connectivity index (χ3v) is 4.81. The molecule has 0 spiro atoms. The molecule has 0 saturated carbocycles. The van der Waals surface area contributed by atoms with Crippen LogP contribution in [0.25, 0.3) is 5.65 Å². The van der Waals surface area contributed by atoms with Crippen LogP contribution in [0.3, 0.4) is 0 Å². The van der Waals surface area contributed by atoms with E-state index < -0.39 is 0 Å². The molecular weight excluding hydrogens is 320 g/mol. The van der Waals surface area contributed by atoms with E-state index in [-0.39, 0.29) is 5.56 Å². The highest BCUT2D eigenvalue weighted by Gasteiger charge is 2.18. The van der Waals surface area contributed by atoms with Gasteiger partial charge in [-0.15, -0.1) is 5.10 Å². The first-order valence-electron chi connectivity index (χ1n) is 8.63. The molecule has 1 aliphatic rings. The molecule has 1 aliphatic heterocycles. The molecule has 25 heavy (non-hydrogen) atoms. The molecule has 3 aromatic heterocycles. The lowest BCUT2D eigenvalue weighted by Crippen LogP contribution is -2.19. The van der Waals surface area contributed by atoms with Crippen LogP contribution in [0.15, 0.2) is 4.79 Å². The SMILES string of the molecule is Cc1nc2c(=O)[nH]c(CCc3nc(N4CCCC4)nn3C)nn2c1C. The van der Waals surface area contributed by atoms with Crippen LogP contribution >= 0.6 is 0 Å². The first-order valence-corrected chi connectivity index (χ1v) is 8.63. The van der Waals surface area contributed by atoms with E-state index in [0.29, 0.717) is 24.3 Å². The lowest BCUT2D eigenvalue weighted by atomic mass is 10.3. The number of anilines is 1. The van der Waals surface area contributed by atoms with E-state index in [0.717, 1.165) is 36.3 Å². The topological polar surface area (TPSA) is 97.0 Å². The zero-order valence-corrected chi connectivity index (χ0v) is 14.8. The zero-order valence-electron chi connectivity index (χ0n) is 14.8. The summed E-state index contributed by atoms with van der Waals surface area (Å²) in [4.78, 5) is 26.2. The molecule has 0 aromatic carbocycles. The van der Waals surface area contributed by atoms with Gasteiger partial charge >= 0.3 is 0 Å². The highest BCUT2D eigenvalue weighted by atomic mass is 16.1. The van der Waals surface area contributed by atoms with Gasteiger partial charge in [-0.25, -0.2) is 9.50 Å². The fraction of sp³-hybridized carbons (Fsp3) is 0.562. The summed E-state index contributed by atoms with van der Waals surface area (Å²) in [5.74, 6) is 2.32. The first-order chi connectivity index (χ1) is 12.0. The van der Waals surface area contributed by atoms with Crippen molar-refractivity contribution < 1.29 is 0 Å². The molecule has 4 heterocycles. The van der Waals surface area contributed by atoms with Gasteiger partial charge in [-0.3, -0.25) is 9.48 Å². The van der Waals surface area contributed by atoms with Crippen molar-refractivity contribution >= 4 is 11.6 Å². The van der Waals surface area contributed by atoms with Crippen molar-refractivity contribution in [3.05, 3.63) is 33.4 Å². The Morgan fingerprint density at radius 3 is 2.60 bits per heavy atom. The van der Waals surface area contributed by atoms with Gasteiger partial charge in [0.1, 0.15) is 11.6 Å². The molecule has 0 unspecified atom stereocenters. The number of imidazole rings is 1. The number of H-pyrrole nitrogens is 1. The molecular formula is C16H22N8O. The number of aromatic amines is 1. The highest BCUT2D eigenvalue weighted by Crippen LogP contribution is 2.16. The van der Waals surface area contributed by atoms with Crippen molar-refractivity contribution in [2.45, 2.75) is 39.5 Å². The first kappa shape index (κ1) is 15.8. The molecule has 3 aromatic rings. The number of fused-ring (bicyclic) bond motifs is 1. The molecule has 0 atom stereocenters. The minimum absolute atomic E-state index is 0.211. The monoisotopic (exact) mass is 342 g/mol. The van der Waals surface area contributed by atoms with Gasteiger partial charge < -0.3 is 9.88 Å². The predicted molar refractivity (Wildman–Crippen MR) is 92.9 cm³/mol. The van der Waals surface area contributed by atoms with Crippen molar-refractivity contribution in [1.29, 1.82) is 0 Å². The normalized spacial score (nSPS) is 14.8. The molecule has 9 heteroatoms. The Balaban J connectivity index is 1.56. The second kappa shape index (κ2) is 5.98. The minimum Gasteiger partial charge on any atom is -0.340 e. The summed E-state index contributed by atoms with van der Waals surface area (Å²) in [5, 5.41) is 9.03. The number of nitrogens with zero attached hydrogens (tertiary/aromatic N) is 7. The van der Waals surface area contributed by atoms with Crippen molar-refractivity contribution in [2.75, 3.05) is 18.0 Å².